The van der Waals surface area contributed by atoms with Gasteiger partial charge in [-0.15, -0.1) is 0 Å². The molecule has 3 atom stereocenters. The lowest BCUT2D eigenvalue weighted by molar-refractivity contribution is -0.151. The minimum absolute atomic E-state index is 0.275. The van der Waals surface area contributed by atoms with Crippen molar-refractivity contribution in [3.05, 3.63) is 30.1 Å². The molecule has 1 amide bonds. The molecule has 1 aliphatic rings. The summed E-state index contributed by atoms with van der Waals surface area (Å²) in [6.07, 6.45) is 0.427. The number of benzene rings is 1. The fourth-order valence-electron chi connectivity index (χ4n) is 2.81. The highest BCUT2D eigenvalue weighted by Crippen LogP contribution is 2.25. The van der Waals surface area contributed by atoms with Gasteiger partial charge in [0.05, 0.1) is 5.92 Å². The minimum Gasteiger partial charge on any atom is -0.481 e. The monoisotopic (exact) mass is 309 g/mol. The second-order valence-electron chi connectivity index (χ2n) is 5.58. The van der Waals surface area contributed by atoms with Crippen LogP contribution in [0.2, 0.25) is 0 Å². The molecule has 0 aromatic heterocycles. The Morgan fingerprint density at radius 3 is 2.82 bits per heavy atom. The van der Waals surface area contributed by atoms with Crippen LogP contribution in [0.5, 0.6) is 5.75 Å². The number of rotatable bonds is 4. The summed E-state index contributed by atoms with van der Waals surface area (Å²) in [7, 11) is 0. The van der Waals surface area contributed by atoms with Gasteiger partial charge in [0.15, 0.2) is 6.10 Å². The number of hydrogen-bond donors (Lipinski definition) is 1. The van der Waals surface area contributed by atoms with Crippen molar-refractivity contribution >= 4 is 11.9 Å². The first-order valence-corrected chi connectivity index (χ1v) is 7.35. The van der Waals surface area contributed by atoms with Crippen LogP contribution in [-0.4, -0.2) is 40.6 Å². The predicted molar refractivity (Wildman–Crippen MR) is 78.0 cm³/mol. The highest BCUT2D eigenvalue weighted by atomic mass is 19.1. The largest absolute Gasteiger partial charge is 0.481 e. The molecule has 2 rings (SSSR count). The van der Waals surface area contributed by atoms with E-state index in [0.29, 0.717) is 19.4 Å². The van der Waals surface area contributed by atoms with Crippen LogP contribution in [-0.2, 0) is 9.59 Å². The van der Waals surface area contributed by atoms with Crippen molar-refractivity contribution in [1.82, 2.24) is 4.90 Å². The van der Waals surface area contributed by atoms with Crippen molar-refractivity contribution in [2.75, 3.05) is 6.54 Å². The van der Waals surface area contributed by atoms with Crippen molar-refractivity contribution < 1.29 is 23.8 Å². The van der Waals surface area contributed by atoms with Gasteiger partial charge in [-0.25, -0.2) is 4.39 Å². The van der Waals surface area contributed by atoms with Gasteiger partial charge < -0.3 is 14.7 Å². The van der Waals surface area contributed by atoms with Gasteiger partial charge in [0.25, 0.3) is 5.91 Å². The summed E-state index contributed by atoms with van der Waals surface area (Å²) < 4.78 is 18.6. The van der Waals surface area contributed by atoms with E-state index in [1.165, 1.54) is 18.2 Å². The number of likely N-dealkylation sites (tertiary alicyclic amines) is 1. The Labute approximate surface area is 128 Å². The number of ether oxygens (including phenoxy) is 1. The molecule has 1 saturated heterocycles. The Hall–Kier alpha value is -2.11. The predicted octanol–water partition coefficient (Wildman–Crippen LogP) is 2.30. The number of amides is 1. The summed E-state index contributed by atoms with van der Waals surface area (Å²) >= 11 is 0. The van der Waals surface area contributed by atoms with E-state index in [1.54, 1.807) is 24.8 Å². The minimum atomic E-state index is -0.885. The number of carbonyl (C=O) groups is 2. The smallest absolute Gasteiger partial charge is 0.308 e. The third kappa shape index (κ3) is 3.55. The first kappa shape index (κ1) is 16.3. The molecule has 1 aromatic rings. The van der Waals surface area contributed by atoms with E-state index in [2.05, 4.69) is 0 Å². The number of nitrogens with zero attached hydrogens (tertiary/aromatic N) is 1. The number of halogens is 1. The van der Waals surface area contributed by atoms with Gasteiger partial charge >= 0.3 is 5.97 Å². The third-order valence-electron chi connectivity index (χ3n) is 4.05. The molecule has 5 nitrogen and oxygen atoms in total. The molecule has 1 aromatic carbocycles. The molecule has 1 unspecified atom stereocenters. The Morgan fingerprint density at radius 2 is 2.18 bits per heavy atom. The SMILES string of the molecule is CC(Oc1cccc(F)c1)C(=O)N1CCC[C@H](C(=O)O)[C@@H]1C. The summed E-state index contributed by atoms with van der Waals surface area (Å²) in [5.41, 5.74) is 0. The Bertz CT molecular complexity index is 563. The van der Waals surface area contributed by atoms with E-state index in [0.717, 1.165) is 0 Å². The van der Waals surface area contributed by atoms with Crippen LogP contribution in [0.15, 0.2) is 24.3 Å². The highest BCUT2D eigenvalue weighted by Gasteiger charge is 2.37. The van der Waals surface area contributed by atoms with Crippen molar-refractivity contribution in [2.24, 2.45) is 5.92 Å². The van der Waals surface area contributed by atoms with Gasteiger partial charge in [-0.05, 0) is 38.8 Å². The lowest BCUT2D eigenvalue weighted by atomic mass is 9.90. The molecule has 1 aliphatic heterocycles. The molecule has 0 bridgehead atoms. The van der Waals surface area contributed by atoms with E-state index in [1.807, 2.05) is 0 Å². The molecule has 6 heteroatoms. The Morgan fingerprint density at radius 1 is 1.45 bits per heavy atom. The summed E-state index contributed by atoms with van der Waals surface area (Å²) in [5.74, 6) is -1.87. The second kappa shape index (κ2) is 6.77. The van der Waals surface area contributed by atoms with Gasteiger partial charge in [0.1, 0.15) is 11.6 Å². The Balaban J connectivity index is 2.05. The average Bonchev–Trinajstić information content (AvgIpc) is 2.46. The van der Waals surface area contributed by atoms with Crippen LogP contribution in [0.25, 0.3) is 0 Å². The fraction of sp³-hybridized carbons (Fsp3) is 0.500. The molecule has 0 radical (unpaired) electrons. The zero-order chi connectivity index (χ0) is 16.3. The molecular formula is C16H20FNO4. The first-order valence-electron chi connectivity index (χ1n) is 7.35. The molecule has 22 heavy (non-hydrogen) atoms. The molecular weight excluding hydrogens is 289 g/mol. The van der Waals surface area contributed by atoms with Crippen LogP contribution in [0.3, 0.4) is 0 Å². The highest BCUT2D eigenvalue weighted by molar-refractivity contribution is 5.82. The van der Waals surface area contributed by atoms with Crippen LogP contribution >= 0.6 is 0 Å². The summed E-state index contributed by atoms with van der Waals surface area (Å²) in [4.78, 5) is 25.2. The maximum Gasteiger partial charge on any atom is 0.308 e. The molecule has 120 valence electrons. The maximum atomic E-state index is 13.1. The third-order valence-corrected chi connectivity index (χ3v) is 4.05. The van der Waals surface area contributed by atoms with Gasteiger partial charge in [-0.3, -0.25) is 9.59 Å². The number of piperidine rings is 1. The van der Waals surface area contributed by atoms with Crippen molar-refractivity contribution in [1.29, 1.82) is 0 Å². The van der Waals surface area contributed by atoms with Gasteiger partial charge in [-0.2, -0.15) is 0 Å². The number of hydrogen-bond acceptors (Lipinski definition) is 3. The number of carboxylic acid groups (broad SMARTS) is 1. The molecule has 1 fully saturated rings. The summed E-state index contributed by atoms with van der Waals surface area (Å²) in [6.45, 7) is 3.84. The van der Waals surface area contributed by atoms with E-state index in [9.17, 15) is 19.1 Å². The summed E-state index contributed by atoms with van der Waals surface area (Å²) in [5, 5.41) is 9.20. The van der Waals surface area contributed by atoms with Crippen LogP contribution in [0.1, 0.15) is 26.7 Å². The second-order valence-corrected chi connectivity index (χ2v) is 5.58. The Kier molecular flexibility index (Phi) is 5.00. The molecule has 1 N–H and O–H groups in total. The lowest BCUT2D eigenvalue weighted by Gasteiger charge is -2.38. The van der Waals surface area contributed by atoms with Gasteiger partial charge in [-0.1, -0.05) is 6.07 Å². The topological polar surface area (TPSA) is 66.8 Å². The lowest BCUT2D eigenvalue weighted by Crippen LogP contribution is -2.52. The first-order chi connectivity index (χ1) is 10.4. The van der Waals surface area contributed by atoms with E-state index in [4.69, 9.17) is 4.74 Å². The van der Waals surface area contributed by atoms with Crippen LogP contribution in [0.4, 0.5) is 4.39 Å². The molecule has 1 heterocycles. The van der Waals surface area contributed by atoms with Crippen molar-refractivity contribution in [3.63, 3.8) is 0 Å². The fourth-order valence-corrected chi connectivity index (χ4v) is 2.81. The van der Waals surface area contributed by atoms with E-state index in [-0.39, 0.29) is 17.7 Å². The van der Waals surface area contributed by atoms with Crippen molar-refractivity contribution in [3.8, 4) is 5.75 Å². The number of carbonyl (C=O) groups excluding carboxylic acids is 1. The van der Waals surface area contributed by atoms with Gasteiger partial charge in [0, 0.05) is 18.7 Å². The number of carboxylic acids is 1. The zero-order valence-electron chi connectivity index (χ0n) is 12.7. The van der Waals surface area contributed by atoms with Crippen LogP contribution < -0.4 is 4.74 Å². The van der Waals surface area contributed by atoms with Crippen LogP contribution in [0, 0.1) is 11.7 Å². The number of aliphatic carboxylic acids is 1. The molecule has 0 aliphatic carbocycles. The molecule has 0 saturated carbocycles. The summed E-state index contributed by atoms with van der Waals surface area (Å²) in [6, 6.07) is 5.21. The molecule has 0 spiro atoms. The zero-order valence-corrected chi connectivity index (χ0v) is 12.7. The van der Waals surface area contributed by atoms with E-state index >= 15 is 0 Å². The van der Waals surface area contributed by atoms with Crippen molar-refractivity contribution in [2.45, 2.75) is 38.8 Å². The standard InChI is InChI=1S/C16H20FNO4/c1-10-14(16(20)21)7-4-8-18(10)15(19)11(2)22-13-6-3-5-12(17)9-13/h3,5-6,9-11,14H,4,7-8H2,1-2H3,(H,20,21)/t10-,11?,14-/m0/s1. The van der Waals surface area contributed by atoms with E-state index < -0.39 is 23.8 Å². The normalized spacial score (nSPS) is 23.0. The van der Waals surface area contributed by atoms with Gasteiger partial charge in [0.2, 0.25) is 0 Å². The average molecular weight is 309 g/mol. The maximum absolute atomic E-state index is 13.1. The quantitative estimate of drug-likeness (QED) is 0.927.